The first-order chi connectivity index (χ1) is 7.00. The standard InChI is InChI=1S/C9H7ClN2O2S/c10-9-8-6(4-5-12-9)2-1-3-7(8)15(11,13)14/h1-5H,(H2,11,13,14). The Morgan fingerprint density at radius 1 is 1.27 bits per heavy atom. The van der Waals surface area contributed by atoms with Gasteiger partial charge in [0.25, 0.3) is 0 Å². The third-order valence-corrected chi connectivity index (χ3v) is 3.25. The number of primary sulfonamides is 1. The third kappa shape index (κ3) is 1.81. The van der Waals surface area contributed by atoms with Crippen molar-refractivity contribution in [1.82, 2.24) is 4.98 Å². The molecule has 0 amide bonds. The van der Waals surface area contributed by atoms with Crippen molar-refractivity contribution in [2.45, 2.75) is 4.90 Å². The fourth-order valence-corrected chi connectivity index (χ4v) is 2.48. The van der Waals surface area contributed by atoms with Crippen molar-refractivity contribution >= 4 is 32.4 Å². The van der Waals surface area contributed by atoms with Gasteiger partial charge >= 0.3 is 0 Å². The molecule has 0 spiro atoms. The van der Waals surface area contributed by atoms with Crippen molar-refractivity contribution < 1.29 is 8.42 Å². The van der Waals surface area contributed by atoms with Crippen molar-refractivity contribution in [2.75, 3.05) is 0 Å². The molecule has 15 heavy (non-hydrogen) atoms. The van der Waals surface area contributed by atoms with Gasteiger partial charge < -0.3 is 0 Å². The average Bonchev–Trinajstić information content (AvgIpc) is 2.16. The van der Waals surface area contributed by atoms with Crippen molar-refractivity contribution in [3.8, 4) is 0 Å². The molecule has 1 aromatic heterocycles. The Labute approximate surface area is 91.7 Å². The molecule has 0 aliphatic rings. The average molecular weight is 243 g/mol. The minimum atomic E-state index is -3.78. The second kappa shape index (κ2) is 3.44. The van der Waals surface area contributed by atoms with Gasteiger partial charge in [-0.2, -0.15) is 0 Å². The lowest BCUT2D eigenvalue weighted by Gasteiger charge is -2.04. The molecule has 78 valence electrons. The molecule has 0 aliphatic carbocycles. The van der Waals surface area contributed by atoms with E-state index in [1.807, 2.05) is 0 Å². The number of sulfonamides is 1. The number of nitrogens with two attached hydrogens (primary N) is 1. The molecule has 0 saturated heterocycles. The highest BCUT2D eigenvalue weighted by molar-refractivity contribution is 7.89. The van der Waals surface area contributed by atoms with Crippen LogP contribution >= 0.6 is 11.6 Å². The smallest absolute Gasteiger partial charge is 0.238 e. The molecule has 0 atom stereocenters. The van der Waals surface area contributed by atoms with Crippen LogP contribution in [0.3, 0.4) is 0 Å². The lowest BCUT2D eigenvalue weighted by Crippen LogP contribution is -2.12. The highest BCUT2D eigenvalue weighted by atomic mass is 35.5. The predicted octanol–water partition coefficient (Wildman–Crippen LogP) is 1.54. The summed E-state index contributed by atoms with van der Waals surface area (Å²) in [6.07, 6.45) is 1.51. The Morgan fingerprint density at radius 3 is 2.67 bits per heavy atom. The second-order valence-electron chi connectivity index (χ2n) is 3.00. The van der Waals surface area contributed by atoms with Crippen LogP contribution in [-0.2, 0) is 10.0 Å². The Bertz CT molecular complexity index is 620. The Hall–Kier alpha value is -1.17. The molecule has 2 rings (SSSR count). The second-order valence-corrected chi connectivity index (χ2v) is 4.89. The third-order valence-electron chi connectivity index (χ3n) is 2.01. The van der Waals surface area contributed by atoms with Gasteiger partial charge in [-0.05, 0) is 17.5 Å². The van der Waals surface area contributed by atoms with Crippen LogP contribution in [0.2, 0.25) is 5.15 Å². The molecule has 1 aromatic carbocycles. The number of benzene rings is 1. The van der Waals surface area contributed by atoms with Crippen molar-refractivity contribution in [3.63, 3.8) is 0 Å². The summed E-state index contributed by atoms with van der Waals surface area (Å²) in [5.74, 6) is 0. The lowest BCUT2D eigenvalue weighted by molar-refractivity contribution is 0.598. The minimum Gasteiger partial charge on any atom is -0.244 e. The van der Waals surface area contributed by atoms with Gasteiger partial charge in [0.15, 0.2) is 0 Å². The molecule has 0 unspecified atom stereocenters. The molecule has 0 aliphatic heterocycles. The molecule has 4 nitrogen and oxygen atoms in total. The monoisotopic (exact) mass is 242 g/mol. The summed E-state index contributed by atoms with van der Waals surface area (Å²) >= 11 is 5.84. The molecule has 0 radical (unpaired) electrons. The zero-order valence-electron chi connectivity index (χ0n) is 7.51. The summed E-state index contributed by atoms with van der Waals surface area (Å²) in [5, 5.41) is 6.27. The molecule has 0 bridgehead atoms. The normalized spacial score (nSPS) is 11.9. The number of aromatic nitrogens is 1. The van der Waals surface area contributed by atoms with Gasteiger partial charge in [-0.15, -0.1) is 0 Å². The topological polar surface area (TPSA) is 73.1 Å². The number of pyridine rings is 1. The van der Waals surface area contributed by atoms with Crippen molar-refractivity contribution in [3.05, 3.63) is 35.6 Å². The maximum Gasteiger partial charge on any atom is 0.238 e. The number of fused-ring (bicyclic) bond motifs is 1. The van der Waals surface area contributed by atoms with Crippen LogP contribution in [-0.4, -0.2) is 13.4 Å². The first-order valence-corrected chi connectivity index (χ1v) is 5.98. The van der Waals surface area contributed by atoms with E-state index in [4.69, 9.17) is 16.7 Å². The fraction of sp³-hybridized carbons (Fsp3) is 0. The molecule has 1 heterocycles. The highest BCUT2D eigenvalue weighted by Crippen LogP contribution is 2.27. The zero-order chi connectivity index (χ0) is 11.1. The molecule has 6 heteroatoms. The van der Waals surface area contributed by atoms with Gasteiger partial charge in [0.2, 0.25) is 10.0 Å². The first kappa shape index (κ1) is 10.4. The number of halogens is 1. The first-order valence-electron chi connectivity index (χ1n) is 4.06. The molecule has 0 fully saturated rings. The maximum atomic E-state index is 11.3. The van der Waals surface area contributed by atoms with Crippen LogP contribution < -0.4 is 5.14 Å². The van der Waals surface area contributed by atoms with E-state index < -0.39 is 10.0 Å². The van der Waals surface area contributed by atoms with Gasteiger partial charge in [0.05, 0.1) is 4.90 Å². The van der Waals surface area contributed by atoms with Crippen molar-refractivity contribution in [2.24, 2.45) is 5.14 Å². The Kier molecular flexibility index (Phi) is 2.38. The molecule has 2 aromatic rings. The maximum absolute atomic E-state index is 11.3. The van der Waals surface area contributed by atoms with Crippen LogP contribution in [0.4, 0.5) is 0 Å². The van der Waals surface area contributed by atoms with Crippen LogP contribution in [0, 0.1) is 0 Å². The number of rotatable bonds is 1. The summed E-state index contributed by atoms with van der Waals surface area (Å²) in [5.41, 5.74) is 0. The van der Waals surface area contributed by atoms with Gasteiger partial charge in [-0.25, -0.2) is 18.5 Å². The van der Waals surface area contributed by atoms with E-state index in [2.05, 4.69) is 4.98 Å². The number of nitrogens with zero attached hydrogens (tertiary/aromatic N) is 1. The number of hydrogen-bond donors (Lipinski definition) is 1. The highest BCUT2D eigenvalue weighted by Gasteiger charge is 2.14. The molecule has 2 N–H and O–H groups in total. The van der Waals surface area contributed by atoms with E-state index >= 15 is 0 Å². The van der Waals surface area contributed by atoms with Gasteiger partial charge in [-0.3, -0.25) is 0 Å². The summed E-state index contributed by atoms with van der Waals surface area (Å²) in [6, 6.07) is 6.44. The minimum absolute atomic E-state index is 0.00176. The summed E-state index contributed by atoms with van der Waals surface area (Å²) in [7, 11) is -3.78. The lowest BCUT2D eigenvalue weighted by atomic mass is 10.2. The van der Waals surface area contributed by atoms with Crippen LogP contribution in [0.15, 0.2) is 35.4 Å². The Morgan fingerprint density at radius 2 is 2.00 bits per heavy atom. The largest absolute Gasteiger partial charge is 0.244 e. The summed E-state index contributed by atoms with van der Waals surface area (Å²) in [6.45, 7) is 0. The van der Waals surface area contributed by atoms with Crippen LogP contribution in [0.25, 0.3) is 10.8 Å². The van der Waals surface area contributed by atoms with E-state index in [9.17, 15) is 8.42 Å². The van der Waals surface area contributed by atoms with E-state index in [0.29, 0.717) is 10.8 Å². The summed E-state index contributed by atoms with van der Waals surface area (Å²) in [4.78, 5) is 3.83. The van der Waals surface area contributed by atoms with Crippen LogP contribution in [0.5, 0.6) is 0 Å². The van der Waals surface area contributed by atoms with E-state index in [-0.39, 0.29) is 10.0 Å². The fourth-order valence-electron chi connectivity index (χ4n) is 1.39. The number of hydrogen-bond acceptors (Lipinski definition) is 3. The van der Waals surface area contributed by atoms with Crippen molar-refractivity contribution in [1.29, 1.82) is 0 Å². The quantitative estimate of drug-likeness (QED) is 0.771. The van der Waals surface area contributed by atoms with Crippen LogP contribution in [0.1, 0.15) is 0 Å². The molecule has 0 saturated carbocycles. The van der Waals surface area contributed by atoms with Gasteiger partial charge in [0.1, 0.15) is 5.15 Å². The molecular formula is C9H7ClN2O2S. The van der Waals surface area contributed by atoms with E-state index in [1.165, 1.54) is 12.3 Å². The summed E-state index contributed by atoms with van der Waals surface area (Å²) < 4.78 is 22.6. The van der Waals surface area contributed by atoms with Gasteiger partial charge in [-0.1, -0.05) is 23.7 Å². The molecular weight excluding hydrogens is 236 g/mol. The van der Waals surface area contributed by atoms with Gasteiger partial charge in [0, 0.05) is 11.6 Å². The van der Waals surface area contributed by atoms with E-state index in [0.717, 1.165) is 0 Å². The van der Waals surface area contributed by atoms with E-state index in [1.54, 1.807) is 18.2 Å². The zero-order valence-corrected chi connectivity index (χ0v) is 9.09. The Balaban J connectivity index is 2.99. The predicted molar refractivity (Wildman–Crippen MR) is 58.1 cm³/mol. The SMILES string of the molecule is NS(=O)(=O)c1cccc2ccnc(Cl)c12.